The van der Waals surface area contributed by atoms with Crippen LogP contribution in [0.1, 0.15) is 42.5 Å². The van der Waals surface area contributed by atoms with Gasteiger partial charge in [-0.05, 0) is 150 Å². The molecule has 82 heavy (non-hydrogen) atoms. The predicted molar refractivity (Wildman–Crippen MR) is 298 cm³/mol. The number of amidine groups is 1. The maximum atomic E-state index is 13.6. The molecular formula is C49H56Br2F2N17NaO11. The average molecular weight is 1280 g/mol. The number of halogens is 4. The van der Waals surface area contributed by atoms with E-state index in [2.05, 4.69) is 93.9 Å². The fourth-order valence-electron chi connectivity index (χ4n) is 6.77. The summed E-state index contributed by atoms with van der Waals surface area (Å²) in [7, 11) is 3.14. The summed E-state index contributed by atoms with van der Waals surface area (Å²) in [6.45, 7) is 3.41. The van der Waals surface area contributed by atoms with Crippen LogP contribution in [-0.2, 0) is 27.2 Å². The van der Waals surface area contributed by atoms with Crippen molar-refractivity contribution in [2.24, 2.45) is 26.4 Å². The molecule has 0 unspecified atom stereocenters. The molecule has 1 aliphatic heterocycles. The Morgan fingerprint density at radius 1 is 0.732 bits per heavy atom. The van der Waals surface area contributed by atoms with Crippen LogP contribution < -0.4 is 83.0 Å². The Morgan fingerprint density at radius 2 is 1.24 bits per heavy atom. The SMILES string of the molecule is C1CCOC1.COc1ccc(CC(=O)NC(N)=NCCCNc2nonc2-c2noc(=O)n2-c2ccc(F)c(Br)c2)cc1.COc1ccc(CC(=O)NC(N)=NCCCNc2nonc2C(=Nc2ccc(F)c(Br)c2)NO)cc1.[NH-]O.[Na+]. The van der Waals surface area contributed by atoms with Gasteiger partial charge in [0.1, 0.15) is 23.1 Å². The molecule has 0 atom stereocenters. The number of hydroxylamine groups is 1. The van der Waals surface area contributed by atoms with E-state index in [0.29, 0.717) is 61.9 Å². The molecule has 3 aromatic heterocycles. The van der Waals surface area contributed by atoms with Gasteiger partial charge in [-0.1, -0.05) is 29.4 Å². The van der Waals surface area contributed by atoms with E-state index in [1.54, 1.807) is 62.8 Å². The third-order valence-electron chi connectivity index (χ3n) is 10.7. The van der Waals surface area contributed by atoms with Crippen molar-refractivity contribution < 1.29 is 86.3 Å². The summed E-state index contributed by atoms with van der Waals surface area (Å²) in [6, 6.07) is 22.3. The van der Waals surface area contributed by atoms with Crippen molar-refractivity contribution in [3.63, 3.8) is 0 Å². The van der Waals surface area contributed by atoms with Gasteiger partial charge in [0.15, 0.2) is 29.1 Å². The molecule has 8 rings (SSSR count). The molecule has 2 amide bonds. The van der Waals surface area contributed by atoms with Crippen LogP contribution in [0.4, 0.5) is 26.1 Å². The van der Waals surface area contributed by atoms with Crippen molar-refractivity contribution in [3.05, 3.63) is 139 Å². The fourth-order valence-corrected chi connectivity index (χ4v) is 7.50. The maximum Gasteiger partial charge on any atom is 1.00 e. The molecule has 1 fully saturated rings. The summed E-state index contributed by atoms with van der Waals surface area (Å²) in [5, 5.41) is 45.7. The van der Waals surface area contributed by atoms with Crippen molar-refractivity contribution in [1.29, 1.82) is 0 Å². The minimum absolute atomic E-state index is 0. The van der Waals surface area contributed by atoms with Crippen molar-refractivity contribution in [1.82, 2.24) is 46.5 Å². The van der Waals surface area contributed by atoms with E-state index in [0.717, 1.165) is 28.9 Å². The Morgan fingerprint density at radius 3 is 1.74 bits per heavy atom. The molecule has 0 bridgehead atoms. The molecule has 0 radical (unpaired) electrons. The van der Waals surface area contributed by atoms with Crippen LogP contribution in [0.5, 0.6) is 11.5 Å². The molecule has 28 nitrogen and oxygen atoms in total. The van der Waals surface area contributed by atoms with Crippen LogP contribution >= 0.6 is 31.9 Å². The smallest absolute Gasteiger partial charge is 0.553 e. The minimum atomic E-state index is -0.800. The van der Waals surface area contributed by atoms with Gasteiger partial charge in [-0.3, -0.25) is 45.4 Å². The molecule has 7 aromatic rings. The number of guanidine groups is 2. The molecule has 432 valence electrons. The summed E-state index contributed by atoms with van der Waals surface area (Å²) in [4.78, 5) is 49.0. The molecule has 33 heteroatoms. The third-order valence-corrected chi connectivity index (χ3v) is 11.9. The summed E-state index contributed by atoms with van der Waals surface area (Å²) in [5.41, 5.74) is 16.0. The number of aliphatic imine (C=N–C) groups is 3. The molecule has 4 heterocycles. The van der Waals surface area contributed by atoms with Crippen LogP contribution in [-0.4, -0.2) is 124 Å². The summed E-state index contributed by atoms with van der Waals surface area (Å²) in [6.07, 6.45) is 3.90. The quantitative estimate of drug-likeness (QED) is 0.0174. The van der Waals surface area contributed by atoms with Crippen molar-refractivity contribution in [2.45, 2.75) is 38.5 Å². The Hall–Kier alpha value is -7.69. The second-order valence-electron chi connectivity index (χ2n) is 16.4. The van der Waals surface area contributed by atoms with E-state index in [9.17, 15) is 28.4 Å². The number of hydrogen-bond acceptors (Lipinski definition) is 21. The first-order valence-corrected chi connectivity index (χ1v) is 25.7. The van der Waals surface area contributed by atoms with Gasteiger partial charge in [-0.2, -0.15) is 0 Å². The molecule has 4 aromatic carbocycles. The minimum Gasteiger partial charge on any atom is -0.553 e. The molecule has 0 spiro atoms. The number of aromatic nitrogens is 6. The zero-order chi connectivity index (χ0) is 58.5. The van der Waals surface area contributed by atoms with E-state index < -0.39 is 17.4 Å². The Labute approximate surface area is 505 Å². The predicted octanol–water partition coefficient (Wildman–Crippen LogP) is 3.00. The van der Waals surface area contributed by atoms with Gasteiger partial charge in [0.2, 0.25) is 29.3 Å². The number of carbonyl (C=O) groups excluding carboxylic acids is 2. The summed E-state index contributed by atoms with van der Waals surface area (Å²) in [5.74, 6) is 4.25. The van der Waals surface area contributed by atoms with Gasteiger partial charge in [0.05, 0.1) is 47.4 Å². The van der Waals surface area contributed by atoms with Crippen LogP contribution in [0, 0.1) is 11.6 Å². The Bertz CT molecular complexity index is 3240. The molecule has 1 aliphatic rings. The number of amides is 2. The van der Waals surface area contributed by atoms with Gasteiger partial charge in [-0.25, -0.2) is 32.4 Å². The zero-order valence-electron chi connectivity index (χ0n) is 44.3. The standard InChI is InChI=1S/C23H22BrFN8O5.C22H24BrFN8O4.C4H8O.H2NO.Na/c1-36-15-6-3-13(4-7-15)11-18(34)29-22(26)28-10-2-9-27-20-19(30-38-31-20)21-32-37-23(35)33(21)14-5-8-17(25)16(24)12-14;1-35-15-6-3-13(4-7-15)11-18(33)29-22(25)27-10-2-9-26-20-19(31-36-32-20)21(30-34)28-14-5-8-17(24)16(23)12-14;1-2-4-5-3-1;1-2;/h3-8,12H,2,9-11H2,1H3,(H,27,31)(H3,26,28,29,34);3-8,12,34H,2,9-11H2,1H3,(H,26,32)(H,28,30)(H3,25,27,29,33);1-4H2;1-2H;/q;;;-1;+1. The van der Waals surface area contributed by atoms with Gasteiger partial charge in [0, 0.05) is 39.4 Å². The first kappa shape index (κ1) is 66.8. The number of benzene rings is 4. The number of hydrogen-bond donors (Lipinski definition) is 9. The van der Waals surface area contributed by atoms with Crippen molar-refractivity contribution in [3.8, 4) is 28.7 Å². The van der Waals surface area contributed by atoms with Gasteiger partial charge in [0.25, 0.3) is 0 Å². The topological polar surface area (TPSA) is 401 Å². The molecule has 0 aliphatic carbocycles. The molecular weight excluding hydrogens is 1220 g/mol. The normalized spacial score (nSPS) is 12.0. The number of anilines is 2. The number of nitrogens with two attached hydrogens (primary N) is 2. The number of rotatable bonds is 20. The first-order valence-electron chi connectivity index (χ1n) is 24.1. The van der Waals surface area contributed by atoms with E-state index in [-0.39, 0.29) is 110 Å². The Balaban J connectivity index is 0.000000312. The second-order valence-corrected chi connectivity index (χ2v) is 18.1. The van der Waals surface area contributed by atoms with Gasteiger partial charge >= 0.3 is 35.3 Å². The van der Waals surface area contributed by atoms with Crippen molar-refractivity contribution >= 4 is 78.8 Å². The average Bonchev–Trinajstić information content (AvgIpc) is 4.32. The van der Waals surface area contributed by atoms with E-state index in [1.165, 1.54) is 49.2 Å². The van der Waals surface area contributed by atoms with Crippen LogP contribution in [0.15, 0.2) is 127 Å². The van der Waals surface area contributed by atoms with Gasteiger partial charge in [-0.15, -0.1) is 0 Å². The summed E-state index contributed by atoms with van der Waals surface area (Å²) >= 11 is 6.17. The number of methoxy groups -OCH3 is 2. The number of nitrogens with one attached hydrogen (secondary N) is 6. The van der Waals surface area contributed by atoms with Gasteiger partial charge < -0.3 is 47.4 Å². The second kappa shape index (κ2) is 35.9. The van der Waals surface area contributed by atoms with Crippen molar-refractivity contribution in [2.75, 3.05) is 64.2 Å². The maximum absolute atomic E-state index is 13.6. The van der Waals surface area contributed by atoms with E-state index >= 15 is 0 Å². The van der Waals surface area contributed by atoms with Crippen LogP contribution in [0.25, 0.3) is 23.1 Å². The summed E-state index contributed by atoms with van der Waals surface area (Å²) < 4.78 is 58.0. The fraction of sp³-hybridized carbons (Fsp3) is 0.286. The van der Waals surface area contributed by atoms with E-state index in [4.69, 9.17) is 50.6 Å². The van der Waals surface area contributed by atoms with E-state index in [1.807, 2.05) is 5.48 Å². The number of carbonyl (C=O) groups is 2. The third kappa shape index (κ3) is 21.7. The van der Waals surface area contributed by atoms with Crippen LogP contribution in [0.3, 0.4) is 0 Å². The van der Waals surface area contributed by atoms with Crippen LogP contribution in [0.2, 0.25) is 0 Å². The molecule has 0 saturated carbocycles. The largest absolute Gasteiger partial charge is 1.00 e. The Kier molecular flexibility index (Phi) is 29.3. The number of ether oxygens (including phenoxy) is 3. The first-order chi connectivity index (χ1) is 39.2. The number of nitrogens with zero attached hydrogens (tertiary/aromatic N) is 9. The zero-order valence-corrected chi connectivity index (χ0v) is 49.5. The molecule has 12 N–H and O–H groups in total. The molecule has 1 saturated heterocycles. The monoisotopic (exact) mass is 1280 g/mol.